The molecule has 120 valence electrons. The van der Waals surface area contributed by atoms with Crippen LogP contribution in [0.5, 0.6) is 5.88 Å². The molecule has 0 radical (unpaired) electrons. The van der Waals surface area contributed by atoms with Crippen molar-refractivity contribution >= 4 is 22.2 Å². The second kappa shape index (κ2) is 7.37. The Morgan fingerprint density at radius 2 is 2.18 bits per heavy atom. The number of hydrogen-bond donors (Lipinski definition) is 2. The van der Waals surface area contributed by atoms with Gasteiger partial charge in [-0.2, -0.15) is 4.98 Å². The van der Waals surface area contributed by atoms with Crippen LogP contribution in [0.15, 0.2) is 16.4 Å². The lowest BCUT2D eigenvalue weighted by atomic mass is 10.3. The third kappa shape index (κ3) is 3.45. The highest BCUT2D eigenvalue weighted by Gasteiger charge is 2.19. The third-order valence-electron chi connectivity index (χ3n) is 3.51. The molecule has 2 N–H and O–H groups in total. The largest absolute Gasteiger partial charge is 0.492 e. The van der Waals surface area contributed by atoms with E-state index in [2.05, 4.69) is 29.0 Å². The van der Waals surface area contributed by atoms with Crippen LogP contribution in [0, 0.1) is 0 Å². The Labute approximate surface area is 132 Å². The van der Waals surface area contributed by atoms with Crippen LogP contribution in [-0.2, 0) is 0 Å². The molecule has 8 heteroatoms. The Balaban J connectivity index is 2.02. The van der Waals surface area contributed by atoms with E-state index >= 15 is 0 Å². The first-order valence-corrected chi connectivity index (χ1v) is 8.15. The maximum atomic E-state index is 12.2. The number of amides is 1. The smallest absolute Gasteiger partial charge is 0.275 e. The minimum absolute atomic E-state index is 0.307. The van der Waals surface area contributed by atoms with Gasteiger partial charge in [-0.3, -0.25) is 14.0 Å². The van der Waals surface area contributed by atoms with E-state index in [0.29, 0.717) is 11.5 Å². The number of carbonyl (C=O) groups excluding carboxylic acids is 1. The van der Waals surface area contributed by atoms with Crippen LogP contribution in [0.3, 0.4) is 0 Å². The van der Waals surface area contributed by atoms with Gasteiger partial charge in [0.15, 0.2) is 10.5 Å². The van der Waals surface area contributed by atoms with Gasteiger partial charge < -0.3 is 15.3 Å². The Morgan fingerprint density at radius 1 is 1.45 bits per heavy atom. The molecule has 0 unspecified atom stereocenters. The van der Waals surface area contributed by atoms with Crippen molar-refractivity contribution < 1.29 is 9.90 Å². The molecule has 0 aliphatic rings. The Hall–Kier alpha value is -1.93. The molecule has 0 bridgehead atoms. The monoisotopic (exact) mass is 324 g/mol. The first kappa shape index (κ1) is 16.4. The SMILES string of the molecule is CCN(CC)CCCNC(=O)c1c(O)nc2sccn2c1=O. The van der Waals surface area contributed by atoms with Gasteiger partial charge in [-0.05, 0) is 26.1 Å². The Bertz CT molecular complexity index is 706. The molecule has 0 saturated heterocycles. The summed E-state index contributed by atoms with van der Waals surface area (Å²) in [5, 5.41) is 14.2. The topological polar surface area (TPSA) is 86.9 Å². The van der Waals surface area contributed by atoms with Gasteiger partial charge in [0, 0.05) is 18.1 Å². The third-order valence-corrected chi connectivity index (χ3v) is 4.26. The van der Waals surface area contributed by atoms with Crippen LogP contribution >= 0.6 is 11.3 Å². The molecule has 0 spiro atoms. The van der Waals surface area contributed by atoms with Gasteiger partial charge in [-0.1, -0.05) is 13.8 Å². The summed E-state index contributed by atoms with van der Waals surface area (Å²) < 4.78 is 1.26. The molecule has 0 fully saturated rings. The number of nitrogens with one attached hydrogen (secondary N) is 1. The maximum absolute atomic E-state index is 12.2. The molecular formula is C14H20N4O3S. The first-order valence-electron chi connectivity index (χ1n) is 7.27. The van der Waals surface area contributed by atoms with E-state index in [-0.39, 0.29) is 5.56 Å². The fraction of sp³-hybridized carbons (Fsp3) is 0.500. The number of carbonyl (C=O) groups is 1. The lowest BCUT2D eigenvalue weighted by molar-refractivity contribution is 0.0946. The zero-order chi connectivity index (χ0) is 16.1. The molecule has 0 aromatic carbocycles. The van der Waals surface area contributed by atoms with Gasteiger partial charge in [0.25, 0.3) is 11.5 Å². The highest BCUT2D eigenvalue weighted by atomic mass is 32.1. The van der Waals surface area contributed by atoms with Crippen molar-refractivity contribution in [1.82, 2.24) is 19.6 Å². The average molecular weight is 324 g/mol. The van der Waals surface area contributed by atoms with Crippen molar-refractivity contribution in [1.29, 1.82) is 0 Å². The van der Waals surface area contributed by atoms with Gasteiger partial charge in [-0.15, -0.1) is 11.3 Å². The standard InChI is InChI=1S/C14H20N4O3S/c1-3-17(4-2)7-5-6-15-11(19)10-12(20)16-14-18(13(10)21)8-9-22-14/h8-9,20H,3-7H2,1-2H3,(H,15,19). The molecule has 22 heavy (non-hydrogen) atoms. The van der Waals surface area contributed by atoms with Crippen molar-refractivity contribution in [3.63, 3.8) is 0 Å². The highest BCUT2D eigenvalue weighted by molar-refractivity contribution is 7.15. The van der Waals surface area contributed by atoms with E-state index < -0.39 is 17.3 Å². The lowest BCUT2D eigenvalue weighted by Gasteiger charge is -2.17. The summed E-state index contributed by atoms with van der Waals surface area (Å²) in [6.07, 6.45) is 2.32. The highest BCUT2D eigenvalue weighted by Crippen LogP contribution is 2.14. The van der Waals surface area contributed by atoms with Gasteiger partial charge >= 0.3 is 0 Å². The number of aromatic nitrogens is 2. The molecule has 7 nitrogen and oxygen atoms in total. The summed E-state index contributed by atoms with van der Waals surface area (Å²) in [6, 6.07) is 0. The van der Waals surface area contributed by atoms with Crippen LogP contribution in [0.1, 0.15) is 30.6 Å². The number of nitrogens with zero attached hydrogens (tertiary/aromatic N) is 3. The van der Waals surface area contributed by atoms with Crippen LogP contribution < -0.4 is 10.9 Å². The molecule has 2 aromatic rings. The summed E-state index contributed by atoms with van der Waals surface area (Å²) in [5.74, 6) is -1.11. The van der Waals surface area contributed by atoms with Crippen molar-refractivity contribution in [2.24, 2.45) is 0 Å². The van der Waals surface area contributed by atoms with Crippen molar-refractivity contribution in [3.8, 4) is 5.88 Å². The fourth-order valence-electron chi connectivity index (χ4n) is 2.20. The van der Waals surface area contributed by atoms with Crippen LogP contribution in [0.4, 0.5) is 0 Å². The summed E-state index contributed by atoms with van der Waals surface area (Å²) in [6.45, 7) is 7.42. The molecule has 2 rings (SSSR count). The number of hydrogen-bond acceptors (Lipinski definition) is 6. The lowest BCUT2D eigenvalue weighted by Crippen LogP contribution is -2.33. The Kier molecular flexibility index (Phi) is 5.51. The van der Waals surface area contributed by atoms with Crippen molar-refractivity contribution in [2.45, 2.75) is 20.3 Å². The summed E-state index contributed by atoms with van der Waals surface area (Å²) >= 11 is 1.22. The predicted octanol–water partition coefficient (Wildman–Crippen LogP) is 0.923. The summed E-state index contributed by atoms with van der Waals surface area (Å²) in [4.78, 5) is 30.8. The molecule has 0 atom stereocenters. The summed E-state index contributed by atoms with van der Waals surface area (Å²) in [7, 11) is 0. The molecule has 0 aliphatic carbocycles. The van der Waals surface area contributed by atoms with E-state index in [4.69, 9.17) is 0 Å². The van der Waals surface area contributed by atoms with Crippen molar-refractivity contribution in [2.75, 3.05) is 26.2 Å². The van der Waals surface area contributed by atoms with Crippen LogP contribution in [0.2, 0.25) is 0 Å². The van der Waals surface area contributed by atoms with Gasteiger partial charge in [-0.25, -0.2) is 0 Å². The molecule has 2 heterocycles. The number of thiazole rings is 1. The zero-order valence-corrected chi connectivity index (χ0v) is 13.5. The quantitative estimate of drug-likeness (QED) is 0.740. The molecule has 1 amide bonds. The van der Waals surface area contributed by atoms with Gasteiger partial charge in [0.1, 0.15) is 0 Å². The van der Waals surface area contributed by atoms with Crippen molar-refractivity contribution in [3.05, 3.63) is 27.5 Å². The van der Waals surface area contributed by atoms with E-state index in [1.807, 2.05) is 0 Å². The molecule has 0 aliphatic heterocycles. The Morgan fingerprint density at radius 3 is 2.86 bits per heavy atom. The van der Waals surface area contributed by atoms with Crippen LogP contribution in [-0.4, -0.2) is 51.5 Å². The van der Waals surface area contributed by atoms with Gasteiger partial charge in [0.2, 0.25) is 5.88 Å². The van der Waals surface area contributed by atoms with Gasteiger partial charge in [0.05, 0.1) is 0 Å². The fourth-order valence-corrected chi connectivity index (χ4v) is 2.90. The minimum atomic E-state index is -0.588. The van der Waals surface area contributed by atoms with E-state index in [1.165, 1.54) is 21.9 Å². The van der Waals surface area contributed by atoms with E-state index in [1.54, 1.807) is 5.38 Å². The molecular weight excluding hydrogens is 304 g/mol. The second-order valence-corrected chi connectivity index (χ2v) is 5.68. The summed E-state index contributed by atoms with van der Waals surface area (Å²) in [5.41, 5.74) is -0.858. The van der Waals surface area contributed by atoms with E-state index in [9.17, 15) is 14.7 Å². The molecule has 0 saturated carbocycles. The predicted molar refractivity (Wildman–Crippen MR) is 85.7 cm³/mol. The second-order valence-electron chi connectivity index (χ2n) is 4.81. The average Bonchev–Trinajstić information content (AvgIpc) is 2.96. The number of aromatic hydroxyl groups is 1. The maximum Gasteiger partial charge on any atom is 0.275 e. The number of rotatable bonds is 7. The van der Waals surface area contributed by atoms with E-state index in [0.717, 1.165) is 26.1 Å². The number of fused-ring (bicyclic) bond motifs is 1. The zero-order valence-electron chi connectivity index (χ0n) is 12.7. The first-order chi connectivity index (χ1) is 10.6. The normalized spacial score (nSPS) is 11.2. The molecule has 2 aromatic heterocycles. The minimum Gasteiger partial charge on any atom is -0.492 e. The van der Waals surface area contributed by atoms with Crippen LogP contribution in [0.25, 0.3) is 4.96 Å².